The smallest absolute Gasteiger partial charge is 0.220 e. The normalized spacial score (nSPS) is 18.9. The van der Waals surface area contributed by atoms with Gasteiger partial charge in [-0.25, -0.2) is 0 Å². The fourth-order valence-electron chi connectivity index (χ4n) is 3.16. The summed E-state index contributed by atoms with van der Waals surface area (Å²) in [7, 11) is 0. The number of carbonyl (C=O) groups excluding carboxylic acids is 1. The molecule has 0 aliphatic carbocycles. The molecule has 1 fully saturated rings. The molecule has 3 N–H and O–H groups in total. The van der Waals surface area contributed by atoms with Crippen LogP contribution in [0.4, 0.5) is 0 Å². The van der Waals surface area contributed by atoms with E-state index in [9.17, 15) is 9.90 Å². The van der Waals surface area contributed by atoms with Gasteiger partial charge in [0.1, 0.15) is 0 Å². The first-order valence-electron chi connectivity index (χ1n) is 8.23. The Morgan fingerprint density at radius 1 is 1.29 bits per heavy atom. The maximum atomic E-state index is 12.0. The summed E-state index contributed by atoms with van der Waals surface area (Å²) in [5.74, 6) is 1.46. The molecule has 0 aromatic heterocycles. The zero-order chi connectivity index (χ0) is 15.0. The lowest BCUT2D eigenvalue weighted by molar-refractivity contribution is -0.123. The number of piperidine rings is 1. The van der Waals surface area contributed by atoms with Crippen molar-refractivity contribution in [3.8, 4) is 0 Å². The molecule has 1 amide bonds. The van der Waals surface area contributed by atoms with Gasteiger partial charge in [-0.3, -0.25) is 4.79 Å². The highest BCUT2D eigenvalue weighted by molar-refractivity contribution is 5.85. The molecule has 126 valence electrons. The third kappa shape index (κ3) is 7.48. The molecule has 0 saturated carbocycles. The van der Waals surface area contributed by atoms with Gasteiger partial charge in [-0.05, 0) is 43.7 Å². The number of rotatable bonds is 8. The van der Waals surface area contributed by atoms with E-state index in [2.05, 4.69) is 31.4 Å². The van der Waals surface area contributed by atoms with Crippen LogP contribution >= 0.6 is 12.4 Å². The highest BCUT2D eigenvalue weighted by Gasteiger charge is 2.22. The molecule has 2 atom stereocenters. The lowest BCUT2D eigenvalue weighted by Gasteiger charge is -2.28. The molecule has 0 bridgehead atoms. The van der Waals surface area contributed by atoms with Gasteiger partial charge < -0.3 is 15.7 Å². The Kier molecular flexibility index (Phi) is 11.1. The van der Waals surface area contributed by atoms with Crippen LogP contribution in [0, 0.1) is 17.8 Å². The second kappa shape index (κ2) is 11.3. The van der Waals surface area contributed by atoms with Crippen molar-refractivity contribution >= 4 is 18.3 Å². The van der Waals surface area contributed by atoms with Crippen molar-refractivity contribution < 1.29 is 9.90 Å². The van der Waals surface area contributed by atoms with Crippen LogP contribution in [0.5, 0.6) is 0 Å². The molecule has 1 saturated heterocycles. The number of nitrogens with one attached hydrogen (secondary N) is 2. The van der Waals surface area contributed by atoms with E-state index in [4.69, 9.17) is 0 Å². The van der Waals surface area contributed by atoms with E-state index in [1.54, 1.807) is 0 Å². The quantitative estimate of drug-likeness (QED) is 0.643. The molecule has 1 heterocycles. The van der Waals surface area contributed by atoms with Crippen LogP contribution in [-0.2, 0) is 4.79 Å². The fourth-order valence-corrected chi connectivity index (χ4v) is 3.16. The molecule has 0 aromatic rings. The first-order valence-corrected chi connectivity index (χ1v) is 8.23. The van der Waals surface area contributed by atoms with Crippen molar-refractivity contribution in [1.82, 2.24) is 10.6 Å². The molecule has 0 aromatic carbocycles. The Balaban J connectivity index is 0.00000400. The van der Waals surface area contributed by atoms with Crippen LogP contribution in [-0.4, -0.2) is 36.8 Å². The number of hydrogen-bond donors (Lipinski definition) is 3. The van der Waals surface area contributed by atoms with Gasteiger partial charge in [0.2, 0.25) is 5.91 Å². The molecular weight excluding hydrogens is 288 g/mol. The number of hydrogen-bond acceptors (Lipinski definition) is 3. The highest BCUT2D eigenvalue weighted by atomic mass is 35.5. The first kappa shape index (κ1) is 20.7. The maximum absolute atomic E-state index is 12.0. The van der Waals surface area contributed by atoms with E-state index < -0.39 is 6.10 Å². The molecule has 0 radical (unpaired) electrons. The summed E-state index contributed by atoms with van der Waals surface area (Å²) < 4.78 is 0. The summed E-state index contributed by atoms with van der Waals surface area (Å²) in [6, 6.07) is 0. The van der Waals surface area contributed by atoms with Crippen molar-refractivity contribution in [2.45, 2.75) is 59.0 Å². The Labute approximate surface area is 135 Å². The zero-order valence-electron chi connectivity index (χ0n) is 13.7. The van der Waals surface area contributed by atoms with Gasteiger partial charge >= 0.3 is 0 Å². The van der Waals surface area contributed by atoms with E-state index in [0.717, 1.165) is 25.9 Å². The average molecular weight is 321 g/mol. The van der Waals surface area contributed by atoms with Gasteiger partial charge in [0.15, 0.2) is 0 Å². The molecule has 4 nitrogen and oxygen atoms in total. The number of aliphatic hydroxyl groups is 1. The van der Waals surface area contributed by atoms with Gasteiger partial charge in [-0.15, -0.1) is 12.4 Å². The van der Waals surface area contributed by atoms with Crippen molar-refractivity contribution in [2.75, 3.05) is 19.6 Å². The average Bonchev–Trinajstić information content (AvgIpc) is 2.47. The van der Waals surface area contributed by atoms with Crippen molar-refractivity contribution in [2.24, 2.45) is 17.8 Å². The number of halogens is 1. The molecule has 21 heavy (non-hydrogen) atoms. The van der Waals surface area contributed by atoms with Gasteiger partial charge in [-0.1, -0.05) is 33.6 Å². The van der Waals surface area contributed by atoms with Crippen molar-refractivity contribution in [3.63, 3.8) is 0 Å². The highest BCUT2D eigenvalue weighted by Crippen LogP contribution is 2.24. The molecule has 1 aliphatic heterocycles. The summed E-state index contributed by atoms with van der Waals surface area (Å²) >= 11 is 0. The molecule has 0 spiro atoms. The molecule has 1 aliphatic rings. The SMILES string of the molecule is CCC(CC)C(O)CNC(=O)CC(C)C1CCNCC1.Cl. The Morgan fingerprint density at radius 3 is 2.38 bits per heavy atom. The number of amides is 1. The van der Waals surface area contributed by atoms with Gasteiger partial charge in [0, 0.05) is 13.0 Å². The van der Waals surface area contributed by atoms with Crippen LogP contribution < -0.4 is 10.6 Å². The first-order chi connectivity index (χ1) is 9.58. The van der Waals surface area contributed by atoms with E-state index >= 15 is 0 Å². The van der Waals surface area contributed by atoms with Crippen LogP contribution in [0.3, 0.4) is 0 Å². The summed E-state index contributed by atoms with van der Waals surface area (Å²) in [4.78, 5) is 12.0. The number of carbonyl (C=O) groups is 1. The van der Waals surface area contributed by atoms with Crippen molar-refractivity contribution in [3.05, 3.63) is 0 Å². The molecule has 1 rings (SSSR count). The van der Waals surface area contributed by atoms with Gasteiger partial charge in [0.25, 0.3) is 0 Å². The third-order valence-electron chi connectivity index (χ3n) is 4.80. The molecular formula is C16H33ClN2O2. The summed E-state index contributed by atoms with van der Waals surface area (Å²) in [5, 5.41) is 16.3. The topological polar surface area (TPSA) is 61.4 Å². The Bertz CT molecular complexity index is 279. The predicted molar refractivity (Wildman–Crippen MR) is 89.7 cm³/mol. The minimum Gasteiger partial charge on any atom is -0.391 e. The van der Waals surface area contributed by atoms with E-state index in [0.29, 0.717) is 24.8 Å². The zero-order valence-corrected chi connectivity index (χ0v) is 14.5. The van der Waals surface area contributed by atoms with Gasteiger partial charge in [0.05, 0.1) is 6.10 Å². The Hall–Kier alpha value is -0.320. The van der Waals surface area contributed by atoms with Crippen LogP contribution in [0.1, 0.15) is 52.9 Å². The largest absolute Gasteiger partial charge is 0.391 e. The second-order valence-corrected chi connectivity index (χ2v) is 6.22. The predicted octanol–water partition coefficient (Wildman–Crippen LogP) is 2.35. The molecule has 2 unspecified atom stereocenters. The van der Waals surface area contributed by atoms with E-state index in [1.165, 1.54) is 12.8 Å². The minimum absolute atomic E-state index is 0. The summed E-state index contributed by atoms with van der Waals surface area (Å²) in [5.41, 5.74) is 0. The number of aliphatic hydroxyl groups excluding tert-OH is 1. The van der Waals surface area contributed by atoms with Crippen LogP contribution in [0.15, 0.2) is 0 Å². The monoisotopic (exact) mass is 320 g/mol. The standard InChI is InChI=1S/C16H32N2O2.ClH/c1-4-13(5-2)15(19)11-18-16(20)10-12(3)14-6-8-17-9-7-14;/h12-15,17,19H,4-11H2,1-3H3,(H,18,20);1H. The summed E-state index contributed by atoms with van der Waals surface area (Å²) in [6.45, 7) is 8.88. The van der Waals surface area contributed by atoms with E-state index in [1.807, 2.05) is 0 Å². The Morgan fingerprint density at radius 2 is 1.86 bits per heavy atom. The maximum Gasteiger partial charge on any atom is 0.220 e. The third-order valence-corrected chi connectivity index (χ3v) is 4.80. The van der Waals surface area contributed by atoms with Crippen molar-refractivity contribution in [1.29, 1.82) is 0 Å². The van der Waals surface area contributed by atoms with Crippen LogP contribution in [0.2, 0.25) is 0 Å². The van der Waals surface area contributed by atoms with Crippen LogP contribution in [0.25, 0.3) is 0 Å². The van der Waals surface area contributed by atoms with Gasteiger partial charge in [-0.2, -0.15) is 0 Å². The fraction of sp³-hybridized carbons (Fsp3) is 0.938. The second-order valence-electron chi connectivity index (χ2n) is 6.22. The lowest BCUT2D eigenvalue weighted by Crippen LogP contribution is -2.38. The van der Waals surface area contributed by atoms with E-state index in [-0.39, 0.29) is 24.2 Å². The minimum atomic E-state index is -0.414. The summed E-state index contributed by atoms with van der Waals surface area (Å²) in [6.07, 6.45) is 4.43. The molecule has 5 heteroatoms. The lowest BCUT2D eigenvalue weighted by atomic mass is 9.84.